The minimum absolute atomic E-state index is 0.0591. The maximum Gasteiger partial charge on any atom is 0.337 e. The highest BCUT2D eigenvalue weighted by molar-refractivity contribution is 5.98. The third-order valence-electron chi connectivity index (χ3n) is 4.33. The lowest BCUT2D eigenvalue weighted by atomic mass is 10.1. The van der Waals surface area contributed by atoms with Gasteiger partial charge in [0.25, 0.3) is 5.91 Å². The first-order chi connectivity index (χ1) is 12.6. The van der Waals surface area contributed by atoms with Crippen LogP contribution in [0.5, 0.6) is 11.5 Å². The van der Waals surface area contributed by atoms with Crippen LogP contribution >= 0.6 is 0 Å². The molecule has 1 amide bonds. The Kier molecular flexibility index (Phi) is 5.41. The van der Waals surface area contributed by atoms with Crippen LogP contribution in [0.3, 0.4) is 0 Å². The summed E-state index contributed by atoms with van der Waals surface area (Å²) in [5.41, 5.74) is 0.835. The summed E-state index contributed by atoms with van der Waals surface area (Å²) < 4.78 is 15.8. The molecule has 0 aromatic heterocycles. The van der Waals surface area contributed by atoms with Gasteiger partial charge in [0.05, 0.1) is 26.3 Å². The van der Waals surface area contributed by atoms with Crippen LogP contribution in [0.4, 0.5) is 0 Å². The molecule has 6 nitrogen and oxygen atoms in total. The molecule has 2 aromatic rings. The Morgan fingerprint density at radius 2 is 1.69 bits per heavy atom. The standard InChI is InChI=1S/C20H21NO5/c1-24-16-6-8-17(9-7-16)26-18-10-11-21(13-18)19(22)14-4-3-5-15(12-14)20(23)25-2/h3-9,12,18H,10-11,13H2,1-2H3/t18-/m1/s1. The van der Waals surface area contributed by atoms with Crippen molar-refractivity contribution in [3.8, 4) is 11.5 Å². The zero-order valence-electron chi connectivity index (χ0n) is 14.8. The third-order valence-corrected chi connectivity index (χ3v) is 4.33. The molecule has 1 heterocycles. The molecule has 0 radical (unpaired) electrons. The summed E-state index contributed by atoms with van der Waals surface area (Å²) in [5.74, 6) is 0.947. The number of benzene rings is 2. The topological polar surface area (TPSA) is 65.1 Å². The molecule has 3 rings (SSSR count). The number of esters is 1. The van der Waals surface area contributed by atoms with Crippen LogP contribution in [0, 0.1) is 0 Å². The van der Waals surface area contributed by atoms with E-state index in [2.05, 4.69) is 0 Å². The van der Waals surface area contributed by atoms with Crippen molar-refractivity contribution in [3.05, 3.63) is 59.7 Å². The largest absolute Gasteiger partial charge is 0.497 e. The maximum atomic E-state index is 12.7. The smallest absolute Gasteiger partial charge is 0.337 e. The fraction of sp³-hybridized carbons (Fsp3) is 0.300. The molecule has 0 saturated carbocycles. The predicted octanol–water partition coefficient (Wildman–Crippen LogP) is 2.78. The van der Waals surface area contributed by atoms with Crippen molar-refractivity contribution in [2.75, 3.05) is 27.3 Å². The number of ether oxygens (including phenoxy) is 3. The molecule has 1 fully saturated rings. The van der Waals surface area contributed by atoms with Crippen LogP contribution in [0.1, 0.15) is 27.1 Å². The van der Waals surface area contributed by atoms with Crippen LogP contribution in [0.2, 0.25) is 0 Å². The Morgan fingerprint density at radius 1 is 1.00 bits per heavy atom. The summed E-state index contributed by atoms with van der Waals surface area (Å²) in [4.78, 5) is 26.1. The second kappa shape index (κ2) is 7.91. The summed E-state index contributed by atoms with van der Waals surface area (Å²) in [7, 11) is 2.93. The van der Waals surface area contributed by atoms with Crippen LogP contribution < -0.4 is 9.47 Å². The molecular formula is C20H21NO5. The Morgan fingerprint density at radius 3 is 2.38 bits per heavy atom. The number of carbonyl (C=O) groups is 2. The summed E-state index contributed by atoms with van der Waals surface area (Å²) in [6.45, 7) is 1.12. The Balaban J connectivity index is 1.62. The van der Waals surface area contributed by atoms with Gasteiger partial charge in [0.2, 0.25) is 0 Å². The Labute approximate surface area is 152 Å². The summed E-state index contributed by atoms with van der Waals surface area (Å²) in [6.07, 6.45) is 0.699. The number of hydrogen-bond donors (Lipinski definition) is 0. The van der Waals surface area contributed by atoms with Crippen LogP contribution in [0.15, 0.2) is 48.5 Å². The number of methoxy groups -OCH3 is 2. The van der Waals surface area contributed by atoms with E-state index in [1.807, 2.05) is 24.3 Å². The molecule has 1 aliphatic heterocycles. The summed E-state index contributed by atoms with van der Waals surface area (Å²) >= 11 is 0. The first-order valence-electron chi connectivity index (χ1n) is 8.39. The van der Waals surface area contributed by atoms with Gasteiger partial charge in [-0.15, -0.1) is 0 Å². The molecule has 0 N–H and O–H groups in total. The van der Waals surface area contributed by atoms with Crippen molar-refractivity contribution in [2.45, 2.75) is 12.5 Å². The molecule has 1 saturated heterocycles. The minimum Gasteiger partial charge on any atom is -0.497 e. The van der Waals surface area contributed by atoms with E-state index in [4.69, 9.17) is 14.2 Å². The van der Waals surface area contributed by atoms with Crippen molar-refractivity contribution < 1.29 is 23.8 Å². The van der Waals surface area contributed by atoms with Gasteiger partial charge in [0.15, 0.2) is 0 Å². The zero-order valence-corrected chi connectivity index (χ0v) is 14.8. The highest BCUT2D eigenvalue weighted by Gasteiger charge is 2.28. The van der Waals surface area contributed by atoms with Crippen molar-refractivity contribution in [1.82, 2.24) is 4.90 Å². The van der Waals surface area contributed by atoms with Crippen molar-refractivity contribution in [1.29, 1.82) is 0 Å². The quantitative estimate of drug-likeness (QED) is 0.772. The van der Waals surface area contributed by atoms with E-state index < -0.39 is 5.97 Å². The normalized spacial score (nSPS) is 16.2. The first-order valence-corrected chi connectivity index (χ1v) is 8.39. The predicted molar refractivity (Wildman–Crippen MR) is 95.7 cm³/mol. The lowest BCUT2D eigenvalue weighted by molar-refractivity contribution is 0.0600. The van der Waals surface area contributed by atoms with Gasteiger partial charge in [0, 0.05) is 18.5 Å². The molecule has 136 valence electrons. The van der Waals surface area contributed by atoms with E-state index in [1.165, 1.54) is 7.11 Å². The fourth-order valence-electron chi connectivity index (χ4n) is 2.94. The molecule has 6 heteroatoms. The number of amides is 1. The van der Waals surface area contributed by atoms with E-state index in [0.717, 1.165) is 17.9 Å². The van der Waals surface area contributed by atoms with E-state index in [-0.39, 0.29) is 12.0 Å². The lowest BCUT2D eigenvalue weighted by Gasteiger charge is -2.18. The number of rotatable bonds is 5. The fourth-order valence-corrected chi connectivity index (χ4v) is 2.94. The van der Waals surface area contributed by atoms with Crippen LogP contribution in [-0.2, 0) is 4.74 Å². The molecule has 0 aliphatic carbocycles. The van der Waals surface area contributed by atoms with E-state index in [9.17, 15) is 9.59 Å². The van der Waals surface area contributed by atoms with E-state index in [1.54, 1.807) is 36.3 Å². The van der Waals surface area contributed by atoms with E-state index in [0.29, 0.717) is 24.2 Å². The van der Waals surface area contributed by atoms with Crippen molar-refractivity contribution >= 4 is 11.9 Å². The first kappa shape index (κ1) is 17.8. The second-order valence-electron chi connectivity index (χ2n) is 6.03. The highest BCUT2D eigenvalue weighted by Crippen LogP contribution is 2.22. The molecule has 0 bridgehead atoms. The number of hydrogen-bond acceptors (Lipinski definition) is 5. The highest BCUT2D eigenvalue weighted by atomic mass is 16.5. The van der Waals surface area contributed by atoms with Crippen LogP contribution in [-0.4, -0.2) is 50.2 Å². The van der Waals surface area contributed by atoms with Gasteiger partial charge >= 0.3 is 5.97 Å². The average molecular weight is 355 g/mol. The molecule has 0 spiro atoms. The van der Waals surface area contributed by atoms with Crippen molar-refractivity contribution in [3.63, 3.8) is 0 Å². The molecule has 0 unspecified atom stereocenters. The van der Waals surface area contributed by atoms with Gasteiger partial charge in [-0.3, -0.25) is 4.79 Å². The van der Waals surface area contributed by atoms with Crippen LogP contribution in [0.25, 0.3) is 0 Å². The number of carbonyl (C=O) groups excluding carboxylic acids is 2. The zero-order chi connectivity index (χ0) is 18.5. The monoisotopic (exact) mass is 355 g/mol. The molecular weight excluding hydrogens is 334 g/mol. The molecule has 1 aliphatic rings. The van der Waals surface area contributed by atoms with E-state index >= 15 is 0 Å². The maximum absolute atomic E-state index is 12.7. The number of likely N-dealkylation sites (tertiary alicyclic amines) is 1. The molecule has 26 heavy (non-hydrogen) atoms. The third kappa shape index (κ3) is 3.96. The van der Waals surface area contributed by atoms with Gasteiger partial charge in [-0.2, -0.15) is 0 Å². The van der Waals surface area contributed by atoms with Gasteiger partial charge in [-0.05, 0) is 42.5 Å². The average Bonchev–Trinajstić information content (AvgIpc) is 3.16. The SMILES string of the molecule is COC(=O)c1cccc(C(=O)N2CC[C@@H](Oc3ccc(OC)cc3)C2)c1. The Hall–Kier alpha value is -3.02. The lowest BCUT2D eigenvalue weighted by Crippen LogP contribution is -2.31. The second-order valence-corrected chi connectivity index (χ2v) is 6.03. The Bertz CT molecular complexity index is 787. The summed E-state index contributed by atoms with van der Waals surface area (Å²) in [5, 5.41) is 0. The van der Waals surface area contributed by atoms with Gasteiger partial charge in [-0.25, -0.2) is 4.79 Å². The van der Waals surface area contributed by atoms with Gasteiger partial charge < -0.3 is 19.1 Å². The number of nitrogens with zero attached hydrogens (tertiary/aromatic N) is 1. The van der Waals surface area contributed by atoms with Gasteiger partial charge in [-0.1, -0.05) is 6.07 Å². The van der Waals surface area contributed by atoms with Crippen molar-refractivity contribution in [2.24, 2.45) is 0 Å². The summed E-state index contributed by atoms with van der Waals surface area (Å²) in [6, 6.07) is 13.9. The molecule has 2 aromatic carbocycles. The van der Waals surface area contributed by atoms with Gasteiger partial charge in [0.1, 0.15) is 17.6 Å². The molecule has 1 atom stereocenters. The minimum atomic E-state index is -0.457.